The Bertz CT molecular complexity index is 646. The highest BCUT2D eigenvalue weighted by atomic mass is 35.5. The van der Waals surface area contributed by atoms with E-state index >= 15 is 0 Å². The molecule has 1 N–H and O–H groups in total. The maximum Gasteiger partial charge on any atom is 0.242 e. The number of sulfonamides is 1. The van der Waals surface area contributed by atoms with E-state index in [1.165, 1.54) is 4.31 Å². The first-order valence-corrected chi connectivity index (χ1v) is 9.05. The molecule has 0 aromatic heterocycles. The van der Waals surface area contributed by atoms with Gasteiger partial charge >= 0.3 is 0 Å². The van der Waals surface area contributed by atoms with Gasteiger partial charge in [0.2, 0.25) is 15.9 Å². The summed E-state index contributed by atoms with van der Waals surface area (Å²) in [6.07, 6.45) is 3.33. The molecule has 1 aliphatic heterocycles. The lowest BCUT2D eigenvalue weighted by atomic mass is 10.0. The summed E-state index contributed by atoms with van der Waals surface area (Å²) in [7, 11) is -3.38. The van der Waals surface area contributed by atoms with E-state index in [-0.39, 0.29) is 5.91 Å². The van der Waals surface area contributed by atoms with Crippen molar-refractivity contribution < 1.29 is 13.2 Å². The number of carbonyl (C=O) groups is 1. The second kappa shape index (κ2) is 6.34. The molecule has 7 heteroatoms. The number of piperidine rings is 1. The van der Waals surface area contributed by atoms with Crippen molar-refractivity contribution in [2.45, 2.75) is 32.2 Å². The predicted molar refractivity (Wildman–Crippen MR) is 84.0 cm³/mol. The van der Waals surface area contributed by atoms with E-state index in [9.17, 15) is 13.2 Å². The molecule has 1 aromatic rings. The van der Waals surface area contributed by atoms with Gasteiger partial charge in [-0.15, -0.1) is 0 Å². The molecule has 116 valence electrons. The summed E-state index contributed by atoms with van der Waals surface area (Å²) < 4.78 is 24.9. The van der Waals surface area contributed by atoms with Gasteiger partial charge in [0.25, 0.3) is 0 Å². The molecule has 1 fully saturated rings. The Morgan fingerprint density at radius 1 is 1.38 bits per heavy atom. The van der Waals surface area contributed by atoms with Crippen molar-refractivity contribution in [2.24, 2.45) is 0 Å². The molecule has 1 atom stereocenters. The van der Waals surface area contributed by atoms with E-state index in [4.69, 9.17) is 11.6 Å². The molecular weight excluding hydrogens is 312 g/mol. The second-order valence-electron chi connectivity index (χ2n) is 5.33. The van der Waals surface area contributed by atoms with E-state index in [2.05, 4.69) is 5.32 Å². The standard InChI is InChI=1S/C14H19ClN2O3S/c1-10-9-11(15)6-7-12(10)16-14(18)13-5-3-4-8-17(13)21(2,19)20/h6-7,9,13H,3-5,8H2,1-2H3,(H,16,18). The highest BCUT2D eigenvalue weighted by Gasteiger charge is 2.34. The van der Waals surface area contributed by atoms with E-state index in [1.807, 2.05) is 6.92 Å². The van der Waals surface area contributed by atoms with Gasteiger partial charge in [-0.2, -0.15) is 4.31 Å². The summed E-state index contributed by atoms with van der Waals surface area (Å²) in [5, 5.41) is 3.40. The van der Waals surface area contributed by atoms with Crippen LogP contribution in [0, 0.1) is 6.92 Å². The number of hydrogen-bond donors (Lipinski definition) is 1. The Balaban J connectivity index is 2.18. The molecule has 1 unspecified atom stereocenters. The Kier molecular flexibility index (Phi) is 4.91. The fourth-order valence-corrected chi connectivity index (χ4v) is 3.90. The van der Waals surface area contributed by atoms with Crippen LogP contribution in [0.2, 0.25) is 5.02 Å². The van der Waals surface area contributed by atoms with E-state index in [0.717, 1.165) is 24.7 Å². The monoisotopic (exact) mass is 330 g/mol. The van der Waals surface area contributed by atoms with Crippen molar-refractivity contribution in [1.82, 2.24) is 4.31 Å². The first-order valence-electron chi connectivity index (χ1n) is 6.83. The Morgan fingerprint density at radius 2 is 2.10 bits per heavy atom. The van der Waals surface area contributed by atoms with Crippen LogP contribution in [0.5, 0.6) is 0 Å². The zero-order valence-electron chi connectivity index (χ0n) is 12.1. The Hall–Kier alpha value is -1.11. The number of nitrogens with zero attached hydrogens (tertiary/aromatic N) is 1. The minimum atomic E-state index is -3.38. The van der Waals surface area contributed by atoms with Crippen molar-refractivity contribution in [1.29, 1.82) is 0 Å². The highest BCUT2D eigenvalue weighted by molar-refractivity contribution is 7.88. The zero-order chi connectivity index (χ0) is 15.6. The fourth-order valence-electron chi connectivity index (χ4n) is 2.55. The maximum absolute atomic E-state index is 12.4. The molecule has 1 amide bonds. The van der Waals surface area contributed by atoms with E-state index in [0.29, 0.717) is 23.7 Å². The number of benzene rings is 1. The molecule has 1 heterocycles. The fraction of sp³-hybridized carbons (Fsp3) is 0.500. The number of nitrogens with one attached hydrogen (secondary N) is 1. The van der Waals surface area contributed by atoms with Crippen molar-refractivity contribution in [3.05, 3.63) is 28.8 Å². The molecule has 0 saturated carbocycles. The van der Waals surface area contributed by atoms with Crippen LogP contribution in [-0.2, 0) is 14.8 Å². The van der Waals surface area contributed by atoms with Crippen LogP contribution in [-0.4, -0.2) is 37.5 Å². The normalized spacial score (nSPS) is 20.2. The Morgan fingerprint density at radius 3 is 2.71 bits per heavy atom. The topological polar surface area (TPSA) is 66.5 Å². The molecule has 2 rings (SSSR count). The smallest absolute Gasteiger partial charge is 0.242 e. The molecule has 0 aliphatic carbocycles. The highest BCUT2D eigenvalue weighted by Crippen LogP contribution is 2.23. The van der Waals surface area contributed by atoms with Gasteiger partial charge in [0, 0.05) is 17.3 Å². The van der Waals surface area contributed by atoms with Crippen LogP contribution in [0.25, 0.3) is 0 Å². The van der Waals surface area contributed by atoms with Crippen LogP contribution in [0.15, 0.2) is 18.2 Å². The number of halogens is 1. The maximum atomic E-state index is 12.4. The van der Waals surface area contributed by atoms with Crippen molar-refractivity contribution in [3.63, 3.8) is 0 Å². The minimum Gasteiger partial charge on any atom is -0.324 e. The van der Waals surface area contributed by atoms with Crippen LogP contribution in [0.1, 0.15) is 24.8 Å². The van der Waals surface area contributed by atoms with Gasteiger partial charge in [-0.1, -0.05) is 18.0 Å². The van der Waals surface area contributed by atoms with Crippen molar-refractivity contribution in [3.8, 4) is 0 Å². The summed E-state index contributed by atoms with van der Waals surface area (Å²) in [4.78, 5) is 12.4. The number of hydrogen-bond acceptors (Lipinski definition) is 3. The van der Waals surface area contributed by atoms with Gasteiger partial charge in [-0.3, -0.25) is 4.79 Å². The average Bonchev–Trinajstić information content (AvgIpc) is 2.41. The zero-order valence-corrected chi connectivity index (χ0v) is 13.7. The lowest BCUT2D eigenvalue weighted by Gasteiger charge is -2.32. The van der Waals surface area contributed by atoms with E-state index < -0.39 is 16.1 Å². The summed E-state index contributed by atoms with van der Waals surface area (Å²) in [5.74, 6) is -0.287. The second-order valence-corrected chi connectivity index (χ2v) is 7.71. The molecule has 0 bridgehead atoms. The third-order valence-corrected chi connectivity index (χ3v) is 5.15. The number of carbonyl (C=O) groups excluding carboxylic acids is 1. The number of amides is 1. The van der Waals surface area contributed by atoms with Crippen LogP contribution >= 0.6 is 11.6 Å². The molecule has 1 saturated heterocycles. The summed E-state index contributed by atoms with van der Waals surface area (Å²) >= 11 is 5.88. The number of rotatable bonds is 3. The van der Waals surface area contributed by atoms with Gasteiger partial charge in [0.05, 0.1) is 6.26 Å². The van der Waals surface area contributed by atoms with E-state index in [1.54, 1.807) is 18.2 Å². The number of anilines is 1. The quantitative estimate of drug-likeness (QED) is 0.925. The van der Waals surface area contributed by atoms with Crippen molar-refractivity contribution in [2.75, 3.05) is 18.1 Å². The third-order valence-electron chi connectivity index (χ3n) is 3.63. The minimum absolute atomic E-state index is 0.287. The molecule has 5 nitrogen and oxygen atoms in total. The van der Waals surface area contributed by atoms with Crippen LogP contribution in [0.3, 0.4) is 0 Å². The summed E-state index contributed by atoms with van der Waals surface area (Å²) in [5.41, 5.74) is 1.50. The number of aryl methyl sites for hydroxylation is 1. The van der Waals surface area contributed by atoms with Gasteiger partial charge < -0.3 is 5.32 Å². The largest absolute Gasteiger partial charge is 0.324 e. The average molecular weight is 331 g/mol. The molecule has 21 heavy (non-hydrogen) atoms. The van der Waals surface area contributed by atoms with Crippen LogP contribution in [0.4, 0.5) is 5.69 Å². The SMILES string of the molecule is Cc1cc(Cl)ccc1NC(=O)C1CCCCN1S(C)(=O)=O. The lowest BCUT2D eigenvalue weighted by molar-refractivity contribution is -0.120. The Labute approximate surface area is 130 Å². The first kappa shape index (κ1) is 16.3. The van der Waals surface area contributed by atoms with Gasteiger partial charge in [0.1, 0.15) is 6.04 Å². The molecule has 1 aromatic carbocycles. The third kappa shape index (κ3) is 3.96. The molecule has 0 radical (unpaired) electrons. The van der Waals surface area contributed by atoms with Gasteiger partial charge in [-0.25, -0.2) is 8.42 Å². The lowest BCUT2D eigenvalue weighted by Crippen LogP contribution is -2.49. The van der Waals surface area contributed by atoms with Gasteiger partial charge in [-0.05, 0) is 43.5 Å². The van der Waals surface area contributed by atoms with Crippen molar-refractivity contribution >= 4 is 33.2 Å². The predicted octanol–water partition coefficient (Wildman–Crippen LogP) is 2.40. The summed E-state index contributed by atoms with van der Waals surface area (Å²) in [6.45, 7) is 2.24. The first-order chi connectivity index (χ1) is 9.79. The van der Waals surface area contributed by atoms with Crippen LogP contribution < -0.4 is 5.32 Å². The molecule has 0 spiro atoms. The van der Waals surface area contributed by atoms with Gasteiger partial charge in [0.15, 0.2) is 0 Å². The molecular formula is C14H19ClN2O3S. The summed E-state index contributed by atoms with van der Waals surface area (Å²) in [6, 6.07) is 4.54. The molecule has 1 aliphatic rings.